The first-order valence-corrected chi connectivity index (χ1v) is 7.79. The molecule has 1 aliphatic rings. The van der Waals surface area contributed by atoms with E-state index in [1.165, 1.54) is 0 Å². The van der Waals surface area contributed by atoms with Crippen LogP contribution in [0.2, 0.25) is 0 Å². The fraction of sp³-hybridized carbons (Fsp3) is 0.667. The molecule has 0 aliphatic carbocycles. The van der Waals surface area contributed by atoms with E-state index in [4.69, 9.17) is 4.74 Å². The Morgan fingerprint density at radius 1 is 1.32 bits per heavy atom. The molecular formula is C15H23N5O2. The number of aromatic nitrogens is 4. The summed E-state index contributed by atoms with van der Waals surface area (Å²) in [5, 5.41) is 17.7. The van der Waals surface area contributed by atoms with Gasteiger partial charge in [0.05, 0.1) is 31.1 Å². The van der Waals surface area contributed by atoms with Gasteiger partial charge in [-0.3, -0.25) is 0 Å². The number of rotatable bonds is 4. The Bertz CT molecular complexity index is 642. The van der Waals surface area contributed by atoms with Gasteiger partial charge in [-0.1, -0.05) is 20.8 Å². The van der Waals surface area contributed by atoms with Crippen molar-refractivity contribution in [1.82, 2.24) is 19.6 Å². The molecule has 0 radical (unpaired) electrons. The zero-order chi connectivity index (χ0) is 15.7. The van der Waals surface area contributed by atoms with Crippen molar-refractivity contribution >= 4 is 11.5 Å². The average molecular weight is 305 g/mol. The first-order valence-electron chi connectivity index (χ1n) is 7.79. The van der Waals surface area contributed by atoms with E-state index in [9.17, 15) is 5.11 Å². The Balaban J connectivity index is 1.86. The van der Waals surface area contributed by atoms with Gasteiger partial charge >= 0.3 is 0 Å². The molecule has 0 saturated carbocycles. The Morgan fingerprint density at radius 3 is 2.82 bits per heavy atom. The lowest BCUT2D eigenvalue weighted by atomic mass is 9.98. The summed E-state index contributed by atoms with van der Waals surface area (Å²) in [4.78, 5) is 8.80. The van der Waals surface area contributed by atoms with Crippen LogP contribution in [0.5, 0.6) is 0 Å². The van der Waals surface area contributed by atoms with Crippen LogP contribution in [0.25, 0.3) is 5.52 Å². The van der Waals surface area contributed by atoms with E-state index < -0.39 is 6.10 Å². The number of nitrogens with zero attached hydrogens (tertiary/aromatic N) is 4. The van der Waals surface area contributed by atoms with Crippen molar-refractivity contribution in [1.29, 1.82) is 0 Å². The molecule has 7 heteroatoms. The third kappa shape index (κ3) is 2.91. The second-order valence-corrected chi connectivity index (χ2v) is 6.25. The van der Waals surface area contributed by atoms with E-state index in [1.54, 1.807) is 12.4 Å². The molecule has 2 aromatic heterocycles. The maximum absolute atomic E-state index is 9.96. The van der Waals surface area contributed by atoms with Gasteiger partial charge in [0.2, 0.25) is 5.95 Å². The minimum atomic E-state index is -0.537. The highest BCUT2D eigenvalue weighted by Crippen LogP contribution is 2.23. The van der Waals surface area contributed by atoms with Crippen molar-refractivity contribution in [2.45, 2.75) is 45.3 Å². The van der Waals surface area contributed by atoms with E-state index in [-0.39, 0.29) is 6.04 Å². The molecule has 3 rings (SSSR count). The molecule has 120 valence electrons. The number of ether oxygens (including phenoxy) is 1. The van der Waals surface area contributed by atoms with Crippen LogP contribution in [-0.2, 0) is 4.74 Å². The summed E-state index contributed by atoms with van der Waals surface area (Å²) in [6, 6.07) is -0.0827. The van der Waals surface area contributed by atoms with Gasteiger partial charge in [0.25, 0.3) is 0 Å². The highest BCUT2D eigenvalue weighted by molar-refractivity contribution is 5.44. The minimum absolute atomic E-state index is 0.0827. The Kier molecular flexibility index (Phi) is 4.26. The fourth-order valence-electron chi connectivity index (χ4n) is 2.55. The molecular weight excluding hydrogens is 282 g/mol. The van der Waals surface area contributed by atoms with Crippen molar-refractivity contribution < 1.29 is 9.84 Å². The molecule has 0 spiro atoms. The van der Waals surface area contributed by atoms with Crippen LogP contribution in [0.1, 0.15) is 38.9 Å². The highest BCUT2D eigenvalue weighted by atomic mass is 16.5. The maximum Gasteiger partial charge on any atom is 0.241 e. The Morgan fingerprint density at radius 2 is 2.09 bits per heavy atom. The quantitative estimate of drug-likeness (QED) is 0.889. The van der Waals surface area contributed by atoms with Gasteiger partial charge in [0.1, 0.15) is 11.3 Å². The molecule has 3 heterocycles. The third-order valence-electron chi connectivity index (χ3n) is 4.35. The number of aliphatic hydroxyl groups is 1. The normalized spacial score (nSPS) is 23.9. The zero-order valence-corrected chi connectivity index (χ0v) is 13.2. The molecule has 1 aliphatic heterocycles. The summed E-state index contributed by atoms with van der Waals surface area (Å²) in [5.41, 5.74) is 0.876. The number of fused-ring (bicyclic) bond motifs is 1. The van der Waals surface area contributed by atoms with Crippen molar-refractivity contribution in [3.63, 3.8) is 0 Å². The SMILES string of the molecule is CC(C)C(C)c1ncc2cnc(N[C@@H]3CCOC[C@H]3O)nn12. The second-order valence-electron chi connectivity index (χ2n) is 6.25. The lowest BCUT2D eigenvalue weighted by Crippen LogP contribution is -2.42. The van der Waals surface area contributed by atoms with Gasteiger partial charge in [-0.25, -0.2) is 14.5 Å². The highest BCUT2D eigenvalue weighted by Gasteiger charge is 2.24. The summed E-state index contributed by atoms with van der Waals surface area (Å²) in [5.74, 6) is 2.23. The van der Waals surface area contributed by atoms with Crippen molar-refractivity contribution in [3.8, 4) is 0 Å². The topological polar surface area (TPSA) is 84.6 Å². The molecule has 2 N–H and O–H groups in total. The van der Waals surface area contributed by atoms with E-state index in [0.717, 1.165) is 17.8 Å². The lowest BCUT2D eigenvalue weighted by molar-refractivity contribution is -0.0136. The van der Waals surface area contributed by atoms with E-state index in [2.05, 4.69) is 41.2 Å². The molecule has 1 unspecified atom stereocenters. The molecule has 0 amide bonds. The van der Waals surface area contributed by atoms with Gasteiger partial charge < -0.3 is 15.2 Å². The zero-order valence-electron chi connectivity index (χ0n) is 13.2. The van der Waals surface area contributed by atoms with Crippen LogP contribution < -0.4 is 5.32 Å². The van der Waals surface area contributed by atoms with Crippen LogP contribution in [0.3, 0.4) is 0 Å². The molecule has 3 atom stereocenters. The van der Waals surface area contributed by atoms with Crippen molar-refractivity contribution in [2.75, 3.05) is 18.5 Å². The third-order valence-corrected chi connectivity index (χ3v) is 4.35. The Hall–Kier alpha value is -1.73. The summed E-state index contributed by atoms with van der Waals surface area (Å²) < 4.78 is 7.08. The monoisotopic (exact) mass is 305 g/mol. The molecule has 0 aromatic carbocycles. The molecule has 2 aromatic rings. The molecule has 22 heavy (non-hydrogen) atoms. The fourth-order valence-corrected chi connectivity index (χ4v) is 2.55. The predicted molar refractivity (Wildman–Crippen MR) is 82.9 cm³/mol. The summed E-state index contributed by atoms with van der Waals surface area (Å²) in [7, 11) is 0. The number of hydrogen-bond acceptors (Lipinski definition) is 6. The maximum atomic E-state index is 9.96. The van der Waals surface area contributed by atoms with E-state index in [0.29, 0.717) is 31.0 Å². The Labute approximate surface area is 129 Å². The van der Waals surface area contributed by atoms with Crippen molar-refractivity contribution in [2.24, 2.45) is 5.92 Å². The van der Waals surface area contributed by atoms with Gasteiger partial charge in [0, 0.05) is 12.5 Å². The predicted octanol–water partition coefficient (Wildman–Crippen LogP) is 1.45. The molecule has 7 nitrogen and oxygen atoms in total. The van der Waals surface area contributed by atoms with Crippen LogP contribution in [-0.4, -0.2) is 50.0 Å². The number of aliphatic hydroxyl groups excluding tert-OH is 1. The summed E-state index contributed by atoms with van der Waals surface area (Å²) in [6.45, 7) is 7.48. The molecule has 1 fully saturated rings. The van der Waals surface area contributed by atoms with Crippen LogP contribution >= 0.6 is 0 Å². The van der Waals surface area contributed by atoms with Gasteiger partial charge in [0.15, 0.2) is 0 Å². The molecule has 1 saturated heterocycles. The summed E-state index contributed by atoms with van der Waals surface area (Å²) >= 11 is 0. The number of nitrogens with one attached hydrogen (secondary N) is 1. The van der Waals surface area contributed by atoms with Gasteiger partial charge in [-0.15, -0.1) is 5.10 Å². The van der Waals surface area contributed by atoms with Crippen molar-refractivity contribution in [3.05, 3.63) is 18.2 Å². The minimum Gasteiger partial charge on any atom is -0.389 e. The smallest absolute Gasteiger partial charge is 0.241 e. The standard InChI is InChI=1S/C15H23N5O2/c1-9(2)10(3)14-16-6-11-7-17-15(19-20(11)14)18-12-4-5-22-8-13(12)21/h6-7,9-10,12-13,21H,4-5,8H2,1-3H3,(H,18,19)/t10?,12-,13-/m1/s1. The second kappa shape index (κ2) is 6.18. The first-order chi connectivity index (χ1) is 10.6. The summed E-state index contributed by atoms with van der Waals surface area (Å²) in [6.07, 6.45) is 3.75. The molecule has 0 bridgehead atoms. The largest absolute Gasteiger partial charge is 0.389 e. The average Bonchev–Trinajstić information content (AvgIpc) is 2.92. The number of imidazole rings is 1. The van der Waals surface area contributed by atoms with E-state index >= 15 is 0 Å². The van der Waals surface area contributed by atoms with Crippen LogP contribution in [0.15, 0.2) is 12.4 Å². The number of anilines is 1. The van der Waals surface area contributed by atoms with Gasteiger partial charge in [-0.2, -0.15) is 0 Å². The first kappa shape index (κ1) is 15.2. The van der Waals surface area contributed by atoms with E-state index in [1.807, 2.05) is 4.52 Å². The lowest BCUT2D eigenvalue weighted by Gasteiger charge is -2.28. The number of hydrogen-bond donors (Lipinski definition) is 2. The van der Waals surface area contributed by atoms with Crippen LogP contribution in [0, 0.1) is 5.92 Å². The van der Waals surface area contributed by atoms with Gasteiger partial charge in [-0.05, 0) is 12.3 Å². The van der Waals surface area contributed by atoms with Crippen LogP contribution in [0.4, 0.5) is 5.95 Å².